The number of rotatable bonds is 2. The van der Waals surface area contributed by atoms with Crippen molar-refractivity contribution in [1.29, 1.82) is 0 Å². The molecule has 1 aliphatic rings. The molecule has 0 saturated heterocycles. The minimum atomic E-state index is 0.703. The van der Waals surface area contributed by atoms with E-state index in [2.05, 4.69) is 42.2 Å². The first-order valence-corrected chi connectivity index (χ1v) is 5.60. The van der Waals surface area contributed by atoms with Crippen molar-refractivity contribution in [2.24, 2.45) is 0 Å². The van der Waals surface area contributed by atoms with Gasteiger partial charge in [0.25, 0.3) is 0 Å². The summed E-state index contributed by atoms with van der Waals surface area (Å²) in [5.74, 6) is 0.972. The number of hydrogen-bond acceptors (Lipinski definition) is 1. The SMILES string of the molecule is CCOc1ccc2c3c(cccc13)[NH+]=C2C. The smallest absolute Gasteiger partial charge is 0.212 e. The second-order valence-electron chi connectivity index (χ2n) is 4.02. The molecule has 1 aliphatic heterocycles. The lowest BCUT2D eigenvalue weighted by Gasteiger charge is -2.06. The van der Waals surface area contributed by atoms with Gasteiger partial charge in [-0.25, -0.2) is 4.99 Å². The summed E-state index contributed by atoms with van der Waals surface area (Å²) in [5, 5.41) is 2.48. The molecule has 80 valence electrons. The summed E-state index contributed by atoms with van der Waals surface area (Å²) in [6.07, 6.45) is 0. The van der Waals surface area contributed by atoms with Crippen LogP contribution in [0.15, 0.2) is 30.3 Å². The first-order valence-electron chi connectivity index (χ1n) is 5.60. The van der Waals surface area contributed by atoms with Gasteiger partial charge in [0.05, 0.1) is 17.6 Å². The van der Waals surface area contributed by atoms with Gasteiger partial charge in [0.15, 0.2) is 5.71 Å². The van der Waals surface area contributed by atoms with Crippen LogP contribution in [0.1, 0.15) is 19.4 Å². The summed E-state index contributed by atoms with van der Waals surface area (Å²) in [6.45, 7) is 4.82. The standard InChI is InChI=1S/C14H13NO/c1-3-16-13-8-7-10-9(2)15-12-6-4-5-11(13)14(10)12/h4-8H,3H2,1-2H3/p+1. The van der Waals surface area contributed by atoms with Gasteiger partial charge in [0, 0.05) is 18.4 Å². The number of ether oxygens (including phenoxy) is 1. The number of nitrogens with one attached hydrogen (secondary N) is 1. The van der Waals surface area contributed by atoms with Crippen LogP contribution in [0.2, 0.25) is 0 Å². The van der Waals surface area contributed by atoms with E-state index < -0.39 is 0 Å². The molecule has 0 radical (unpaired) electrons. The predicted octanol–water partition coefficient (Wildman–Crippen LogP) is 1.77. The Morgan fingerprint density at radius 3 is 2.88 bits per heavy atom. The van der Waals surface area contributed by atoms with Crippen LogP contribution in [0.5, 0.6) is 5.75 Å². The largest absolute Gasteiger partial charge is 0.493 e. The van der Waals surface area contributed by atoms with Crippen LogP contribution in [0.25, 0.3) is 10.8 Å². The highest BCUT2D eigenvalue weighted by molar-refractivity contribution is 6.15. The Hall–Kier alpha value is -1.83. The highest BCUT2D eigenvalue weighted by Gasteiger charge is 2.22. The molecule has 3 rings (SSSR count). The van der Waals surface area contributed by atoms with Crippen molar-refractivity contribution in [2.45, 2.75) is 13.8 Å². The highest BCUT2D eigenvalue weighted by atomic mass is 16.5. The molecule has 0 aromatic heterocycles. The molecule has 0 atom stereocenters. The Balaban J connectivity index is 2.36. The van der Waals surface area contributed by atoms with Gasteiger partial charge in [-0.05, 0) is 19.1 Å². The van der Waals surface area contributed by atoms with Crippen molar-refractivity contribution in [3.63, 3.8) is 0 Å². The Morgan fingerprint density at radius 2 is 2.06 bits per heavy atom. The van der Waals surface area contributed by atoms with E-state index in [0.717, 1.165) is 5.75 Å². The molecule has 0 saturated carbocycles. The molecule has 1 heterocycles. The molecule has 0 aliphatic carbocycles. The van der Waals surface area contributed by atoms with Gasteiger partial charge >= 0.3 is 0 Å². The molecule has 0 amide bonds. The fourth-order valence-electron chi connectivity index (χ4n) is 2.35. The maximum atomic E-state index is 5.66. The van der Waals surface area contributed by atoms with E-state index in [9.17, 15) is 0 Å². The zero-order valence-corrected chi connectivity index (χ0v) is 9.50. The van der Waals surface area contributed by atoms with E-state index in [-0.39, 0.29) is 0 Å². The van der Waals surface area contributed by atoms with Crippen LogP contribution in [-0.4, -0.2) is 12.3 Å². The lowest BCUT2D eigenvalue weighted by atomic mass is 10.0. The van der Waals surface area contributed by atoms with Gasteiger partial charge in [-0.3, -0.25) is 0 Å². The molecule has 0 spiro atoms. The van der Waals surface area contributed by atoms with Crippen molar-refractivity contribution in [2.75, 3.05) is 6.61 Å². The van der Waals surface area contributed by atoms with E-state index in [1.54, 1.807) is 0 Å². The molecule has 2 heteroatoms. The van der Waals surface area contributed by atoms with Crippen LogP contribution in [-0.2, 0) is 0 Å². The summed E-state index contributed by atoms with van der Waals surface area (Å²) in [7, 11) is 0. The second kappa shape index (κ2) is 3.34. The third-order valence-electron chi connectivity index (χ3n) is 3.03. The van der Waals surface area contributed by atoms with Crippen LogP contribution in [0.4, 0.5) is 5.69 Å². The van der Waals surface area contributed by atoms with Gasteiger partial charge in [0.1, 0.15) is 5.75 Å². The van der Waals surface area contributed by atoms with Gasteiger partial charge in [0.2, 0.25) is 5.69 Å². The molecule has 0 bridgehead atoms. The lowest BCUT2D eigenvalue weighted by Crippen LogP contribution is -2.63. The maximum absolute atomic E-state index is 5.66. The first-order chi connectivity index (χ1) is 7.81. The molecule has 2 aromatic rings. The van der Waals surface area contributed by atoms with E-state index >= 15 is 0 Å². The van der Waals surface area contributed by atoms with Crippen LogP contribution >= 0.6 is 0 Å². The molecule has 0 fully saturated rings. The fraction of sp³-hybridized carbons (Fsp3) is 0.214. The predicted molar refractivity (Wildman–Crippen MR) is 65.5 cm³/mol. The Labute approximate surface area is 94.6 Å². The summed E-state index contributed by atoms with van der Waals surface area (Å²) in [4.78, 5) is 3.40. The zero-order valence-electron chi connectivity index (χ0n) is 9.50. The molecule has 0 unspecified atom stereocenters. The molecule has 2 nitrogen and oxygen atoms in total. The van der Waals surface area contributed by atoms with E-state index in [0.29, 0.717) is 6.61 Å². The Bertz CT molecular complexity index is 599. The van der Waals surface area contributed by atoms with Crippen molar-refractivity contribution in [3.05, 3.63) is 35.9 Å². The van der Waals surface area contributed by atoms with Gasteiger partial charge in [-0.2, -0.15) is 0 Å². The fourth-order valence-corrected chi connectivity index (χ4v) is 2.35. The summed E-state index contributed by atoms with van der Waals surface area (Å²) in [5.41, 5.74) is 3.69. The third-order valence-corrected chi connectivity index (χ3v) is 3.03. The lowest BCUT2D eigenvalue weighted by molar-refractivity contribution is -0.348. The average Bonchev–Trinajstić information content (AvgIpc) is 2.61. The second-order valence-corrected chi connectivity index (χ2v) is 4.02. The Kier molecular flexibility index (Phi) is 1.96. The molecule has 2 aromatic carbocycles. The summed E-state index contributed by atoms with van der Waals surface area (Å²) >= 11 is 0. The molecular formula is C14H14NO+. The minimum absolute atomic E-state index is 0.703. The van der Waals surface area contributed by atoms with E-state index in [1.165, 1.54) is 27.7 Å². The Morgan fingerprint density at radius 1 is 1.19 bits per heavy atom. The van der Waals surface area contributed by atoms with Crippen molar-refractivity contribution < 1.29 is 9.73 Å². The average molecular weight is 212 g/mol. The minimum Gasteiger partial charge on any atom is -0.493 e. The highest BCUT2D eigenvalue weighted by Crippen LogP contribution is 2.33. The maximum Gasteiger partial charge on any atom is 0.212 e. The van der Waals surface area contributed by atoms with Crippen LogP contribution in [0, 0.1) is 0 Å². The number of benzene rings is 2. The van der Waals surface area contributed by atoms with Crippen molar-refractivity contribution >= 4 is 22.2 Å². The number of hydrogen-bond donors (Lipinski definition) is 1. The van der Waals surface area contributed by atoms with Crippen molar-refractivity contribution in [3.8, 4) is 5.75 Å². The third kappa shape index (κ3) is 1.16. The quantitative estimate of drug-likeness (QED) is 0.805. The zero-order chi connectivity index (χ0) is 11.1. The van der Waals surface area contributed by atoms with Gasteiger partial charge in [-0.1, -0.05) is 12.1 Å². The van der Waals surface area contributed by atoms with Crippen LogP contribution < -0.4 is 9.73 Å². The topological polar surface area (TPSA) is 23.2 Å². The van der Waals surface area contributed by atoms with Crippen molar-refractivity contribution in [1.82, 2.24) is 0 Å². The van der Waals surface area contributed by atoms with E-state index in [1.807, 2.05) is 6.92 Å². The first kappa shape index (κ1) is 9.40. The normalized spacial score (nSPS) is 13.0. The van der Waals surface area contributed by atoms with Gasteiger partial charge in [-0.15, -0.1) is 0 Å². The molecule has 16 heavy (non-hydrogen) atoms. The molecular weight excluding hydrogens is 198 g/mol. The molecule has 1 N–H and O–H groups in total. The monoisotopic (exact) mass is 212 g/mol. The van der Waals surface area contributed by atoms with E-state index in [4.69, 9.17) is 4.74 Å². The summed E-state index contributed by atoms with van der Waals surface area (Å²) < 4.78 is 5.66. The summed E-state index contributed by atoms with van der Waals surface area (Å²) in [6, 6.07) is 10.5. The van der Waals surface area contributed by atoms with Crippen LogP contribution in [0.3, 0.4) is 0 Å². The van der Waals surface area contributed by atoms with Gasteiger partial charge < -0.3 is 4.74 Å².